The van der Waals surface area contributed by atoms with E-state index in [9.17, 15) is 14.4 Å². The van der Waals surface area contributed by atoms with Gasteiger partial charge in [0, 0.05) is 12.8 Å². The van der Waals surface area contributed by atoms with Crippen LogP contribution in [0.1, 0.15) is 206 Å². The number of carbonyl (C=O) groups is 2. The number of unbranched alkanes of at least 4 members (excludes halogenated alkanes) is 26. The molecule has 42 heavy (non-hydrogen) atoms. The van der Waals surface area contributed by atoms with Crippen molar-refractivity contribution in [2.75, 3.05) is 6.54 Å². The summed E-state index contributed by atoms with van der Waals surface area (Å²) >= 11 is 0. The minimum Gasteiger partial charge on any atom is -0.289 e. The number of nitrogens with zero attached hydrogens (tertiary/aromatic N) is 1. The molecule has 0 bridgehead atoms. The smallest absolute Gasteiger partial charge is 0.235 e. The maximum absolute atomic E-state index is 12.3. The molecule has 0 aliphatic rings. The number of rotatable bonds is 34. The number of carbonyl (C=O) groups excluding carboxylic acids is 3. The molecule has 6 heteroatoms. The summed E-state index contributed by atoms with van der Waals surface area (Å²) in [5, 5.41) is 1.19. The molecule has 0 saturated heterocycles. The van der Waals surface area contributed by atoms with Gasteiger partial charge in [0.1, 0.15) is 6.54 Å². The lowest BCUT2D eigenvalue weighted by atomic mass is 10.0. The van der Waals surface area contributed by atoms with Gasteiger partial charge in [-0.05, 0) is 12.8 Å². The topological polar surface area (TPSA) is 78.5 Å². The second-order valence-electron chi connectivity index (χ2n) is 12.5. The molecule has 6 nitrogen and oxygen atoms in total. The third-order valence-electron chi connectivity index (χ3n) is 8.26. The van der Waals surface area contributed by atoms with E-state index < -0.39 is 0 Å². The van der Waals surface area contributed by atoms with Crippen molar-refractivity contribution in [2.24, 2.45) is 0 Å². The summed E-state index contributed by atoms with van der Waals surface area (Å²) < 4.78 is 0. The molecular weight excluding hydrogens is 522 g/mol. The summed E-state index contributed by atoms with van der Waals surface area (Å²) in [5.41, 5.74) is 5.29. The number of nitrogens with one attached hydrogen (secondary N) is 2. The highest BCUT2D eigenvalue weighted by atomic mass is 16.2. The van der Waals surface area contributed by atoms with Crippen molar-refractivity contribution in [3.05, 3.63) is 0 Å². The lowest BCUT2D eigenvalue weighted by molar-refractivity contribution is -0.133. The number of hydrogen-bond donors (Lipinski definition) is 2. The Morgan fingerprint density at radius 2 is 0.667 bits per heavy atom. The van der Waals surface area contributed by atoms with E-state index in [2.05, 4.69) is 24.7 Å². The van der Waals surface area contributed by atoms with Crippen molar-refractivity contribution in [1.82, 2.24) is 16.0 Å². The van der Waals surface area contributed by atoms with Crippen molar-refractivity contribution in [3.63, 3.8) is 0 Å². The summed E-state index contributed by atoms with van der Waals surface area (Å²) in [4.78, 5) is 35.5. The van der Waals surface area contributed by atoms with E-state index >= 15 is 0 Å². The van der Waals surface area contributed by atoms with Crippen LogP contribution in [-0.2, 0) is 14.4 Å². The standard InChI is InChI=1S/C36H70N3O3/c1-3-5-7-9-11-13-15-17-19-21-23-25-27-29-31-35(41)37-39(33-34-40)38-36(42)32-30-28-26-24-22-20-18-16-14-12-10-8-6-4-2/h3-33H2,1-2H3,(H,37,41)(H,38,42). The van der Waals surface area contributed by atoms with Crippen LogP contribution in [0.5, 0.6) is 0 Å². The molecule has 0 aromatic heterocycles. The number of hydrazine groups is 2. The molecule has 0 rings (SSSR count). The van der Waals surface area contributed by atoms with E-state index in [1.165, 1.54) is 146 Å². The average molecular weight is 593 g/mol. The van der Waals surface area contributed by atoms with Crippen molar-refractivity contribution in [2.45, 2.75) is 206 Å². The Labute approximate surface area is 261 Å². The van der Waals surface area contributed by atoms with E-state index in [0.29, 0.717) is 12.8 Å². The summed E-state index contributed by atoms with van der Waals surface area (Å²) in [5.74, 6) is -0.332. The Kier molecular flexibility index (Phi) is 32.9. The van der Waals surface area contributed by atoms with Gasteiger partial charge in [0.25, 0.3) is 0 Å². The zero-order chi connectivity index (χ0) is 30.8. The fourth-order valence-corrected chi connectivity index (χ4v) is 5.54. The highest BCUT2D eigenvalue weighted by molar-refractivity contribution is 5.78. The molecule has 0 aromatic rings. The van der Waals surface area contributed by atoms with Gasteiger partial charge in [-0.3, -0.25) is 25.2 Å². The molecule has 247 valence electrons. The number of hydrogen-bond acceptors (Lipinski definition) is 4. The fourth-order valence-electron chi connectivity index (χ4n) is 5.54. The van der Waals surface area contributed by atoms with E-state index in [0.717, 1.165) is 38.5 Å². The molecule has 1 radical (unpaired) electrons. The van der Waals surface area contributed by atoms with E-state index in [4.69, 9.17) is 0 Å². The van der Waals surface area contributed by atoms with Crippen molar-refractivity contribution in [3.8, 4) is 0 Å². The predicted molar refractivity (Wildman–Crippen MR) is 179 cm³/mol. The molecule has 0 spiro atoms. The fraction of sp³-hybridized carbons (Fsp3) is 0.917. The maximum Gasteiger partial charge on any atom is 0.235 e. The van der Waals surface area contributed by atoms with Crippen LogP contribution in [0.2, 0.25) is 0 Å². The highest BCUT2D eigenvalue weighted by Crippen LogP contribution is 2.14. The molecule has 0 atom stereocenters. The minimum absolute atomic E-state index is 0.166. The first-order valence-electron chi connectivity index (χ1n) is 18.4. The first-order chi connectivity index (χ1) is 20.6. The van der Waals surface area contributed by atoms with Gasteiger partial charge in [0.05, 0.1) is 0 Å². The van der Waals surface area contributed by atoms with Gasteiger partial charge in [-0.15, -0.1) is 5.12 Å². The normalized spacial score (nSPS) is 11.2. The van der Waals surface area contributed by atoms with Crippen LogP contribution in [0.4, 0.5) is 0 Å². The van der Waals surface area contributed by atoms with Crippen LogP contribution >= 0.6 is 0 Å². The second kappa shape index (κ2) is 34.1. The van der Waals surface area contributed by atoms with Gasteiger partial charge >= 0.3 is 0 Å². The predicted octanol–water partition coefficient (Wildman–Crippen LogP) is 10.2. The molecular formula is C36H70N3O3. The second-order valence-corrected chi connectivity index (χ2v) is 12.5. The number of amides is 2. The molecule has 0 unspecified atom stereocenters. The SMILES string of the molecule is CCCCCCCCCCCCCCCCC(=O)NN(C[C]=O)NC(=O)CCCCCCCCCCCCCCCC. The maximum atomic E-state index is 12.3. The van der Waals surface area contributed by atoms with Crippen LogP contribution in [0.25, 0.3) is 0 Å². The van der Waals surface area contributed by atoms with Crippen LogP contribution in [0.3, 0.4) is 0 Å². The largest absolute Gasteiger partial charge is 0.289 e. The Morgan fingerprint density at radius 3 is 0.905 bits per heavy atom. The van der Waals surface area contributed by atoms with Gasteiger partial charge in [-0.25, -0.2) is 0 Å². The Bertz CT molecular complexity index is 553. The Balaban J connectivity index is 3.64. The monoisotopic (exact) mass is 593 g/mol. The Morgan fingerprint density at radius 1 is 0.429 bits per heavy atom. The van der Waals surface area contributed by atoms with Crippen molar-refractivity contribution >= 4 is 18.1 Å². The van der Waals surface area contributed by atoms with Crippen LogP contribution in [-0.4, -0.2) is 29.8 Å². The third kappa shape index (κ3) is 31.5. The van der Waals surface area contributed by atoms with E-state index in [1.807, 2.05) is 0 Å². The summed E-state index contributed by atoms with van der Waals surface area (Å²) in [6, 6.07) is 0. The van der Waals surface area contributed by atoms with Gasteiger partial charge in [-0.2, -0.15) is 0 Å². The van der Waals surface area contributed by atoms with Gasteiger partial charge in [0.2, 0.25) is 18.1 Å². The van der Waals surface area contributed by atoms with E-state index in [-0.39, 0.29) is 18.4 Å². The summed E-state index contributed by atoms with van der Waals surface area (Å²) in [6.07, 6.45) is 38.3. The Hall–Kier alpha value is -1.43. The summed E-state index contributed by atoms with van der Waals surface area (Å²) in [6.45, 7) is 4.36. The molecule has 0 heterocycles. The minimum atomic E-state index is -0.172. The van der Waals surface area contributed by atoms with Crippen LogP contribution in [0.15, 0.2) is 0 Å². The van der Waals surface area contributed by atoms with Gasteiger partial charge in [0.15, 0.2) is 0 Å². The van der Waals surface area contributed by atoms with E-state index in [1.54, 1.807) is 6.29 Å². The molecule has 2 amide bonds. The van der Waals surface area contributed by atoms with Gasteiger partial charge < -0.3 is 0 Å². The first kappa shape index (κ1) is 40.6. The van der Waals surface area contributed by atoms with Crippen molar-refractivity contribution < 1.29 is 14.4 Å². The average Bonchev–Trinajstić information content (AvgIpc) is 2.97. The molecule has 2 N–H and O–H groups in total. The zero-order valence-electron chi connectivity index (χ0n) is 28.1. The quantitative estimate of drug-likeness (QED) is 0.0575. The molecule has 0 saturated carbocycles. The summed E-state index contributed by atoms with van der Waals surface area (Å²) in [7, 11) is 0. The molecule has 0 aromatic carbocycles. The van der Waals surface area contributed by atoms with Crippen LogP contribution < -0.4 is 10.9 Å². The molecule has 0 aliphatic carbocycles. The van der Waals surface area contributed by atoms with Gasteiger partial charge in [-0.1, -0.05) is 181 Å². The zero-order valence-corrected chi connectivity index (χ0v) is 28.1. The first-order valence-corrected chi connectivity index (χ1v) is 18.4. The molecule has 0 aliphatic heterocycles. The highest BCUT2D eigenvalue weighted by Gasteiger charge is 2.12. The lowest BCUT2D eigenvalue weighted by Gasteiger charge is -2.21. The third-order valence-corrected chi connectivity index (χ3v) is 8.26. The molecule has 0 fully saturated rings. The van der Waals surface area contributed by atoms with Crippen molar-refractivity contribution in [1.29, 1.82) is 0 Å². The lowest BCUT2D eigenvalue weighted by Crippen LogP contribution is -2.53. The van der Waals surface area contributed by atoms with Crippen LogP contribution in [0, 0.1) is 0 Å².